The molecule has 10 nitrogen and oxygen atoms in total. The number of nitro benzene ring substituents is 1. The first kappa shape index (κ1) is 30.4. The van der Waals surface area contributed by atoms with Gasteiger partial charge in [0.2, 0.25) is 5.91 Å². The van der Waals surface area contributed by atoms with Crippen LogP contribution in [0, 0.1) is 21.8 Å². The maximum Gasteiger partial charge on any atom is 0.338 e. The normalized spacial score (nSPS) is 25.1. The number of nitrogens with one attached hydrogen (secondary N) is 1. The van der Waals surface area contributed by atoms with E-state index < -0.39 is 57.9 Å². The molecule has 3 aliphatic rings. The van der Waals surface area contributed by atoms with E-state index in [0.717, 1.165) is 26.0 Å². The number of carbonyl (C=O) groups is 2. The van der Waals surface area contributed by atoms with Gasteiger partial charge in [-0.25, -0.2) is 9.18 Å². The Kier molecular flexibility index (Phi) is 7.87. The number of nitrogens with zero attached hydrogens (tertiary/aromatic N) is 2. The Labute approximate surface area is 262 Å². The molecule has 1 amide bonds. The molecule has 5 atom stereocenters. The monoisotopic (exact) mass is 642 g/mol. The summed E-state index contributed by atoms with van der Waals surface area (Å²) in [6, 6.07) is 11.6. The van der Waals surface area contributed by atoms with Gasteiger partial charge >= 0.3 is 5.97 Å². The summed E-state index contributed by atoms with van der Waals surface area (Å²) in [6.45, 7) is 0.419. The number of hydrogen-bond donors (Lipinski definition) is 3. The lowest BCUT2D eigenvalue weighted by atomic mass is 9.73. The van der Waals surface area contributed by atoms with Crippen LogP contribution in [0.15, 0.2) is 54.6 Å². The number of fused-ring (bicyclic) bond motifs is 2. The first-order valence-corrected chi connectivity index (χ1v) is 14.9. The van der Waals surface area contributed by atoms with Crippen LogP contribution < -0.4 is 11.1 Å². The molecule has 44 heavy (non-hydrogen) atoms. The number of anilines is 1. The van der Waals surface area contributed by atoms with Gasteiger partial charge in [0.1, 0.15) is 11.4 Å². The van der Waals surface area contributed by atoms with Crippen molar-refractivity contribution in [2.75, 3.05) is 19.0 Å². The van der Waals surface area contributed by atoms with E-state index in [4.69, 9.17) is 28.9 Å². The molecular formula is C31H29Cl2FN4O6. The average molecular weight is 643 g/mol. The van der Waals surface area contributed by atoms with E-state index in [-0.39, 0.29) is 34.1 Å². The van der Waals surface area contributed by atoms with Crippen molar-refractivity contribution in [3.8, 4) is 0 Å². The zero-order valence-electron chi connectivity index (χ0n) is 23.5. The van der Waals surface area contributed by atoms with Crippen LogP contribution in [0.1, 0.15) is 58.3 Å². The van der Waals surface area contributed by atoms with Crippen LogP contribution in [-0.2, 0) is 15.1 Å². The molecule has 2 aliphatic heterocycles. The van der Waals surface area contributed by atoms with Crippen LogP contribution in [0.2, 0.25) is 10.0 Å². The summed E-state index contributed by atoms with van der Waals surface area (Å²) < 4.78 is 20.5. The highest BCUT2D eigenvalue weighted by atomic mass is 35.5. The van der Waals surface area contributed by atoms with Gasteiger partial charge in [-0.3, -0.25) is 19.8 Å². The van der Waals surface area contributed by atoms with Crippen molar-refractivity contribution in [3.05, 3.63) is 103 Å². The zero-order valence-corrected chi connectivity index (χ0v) is 25.0. The van der Waals surface area contributed by atoms with Crippen LogP contribution in [0.5, 0.6) is 0 Å². The van der Waals surface area contributed by atoms with Crippen LogP contribution in [-0.4, -0.2) is 52.5 Å². The smallest absolute Gasteiger partial charge is 0.338 e. The number of esters is 1. The maximum absolute atomic E-state index is 15.8. The number of aliphatic hydroxyl groups is 1. The summed E-state index contributed by atoms with van der Waals surface area (Å²) in [5, 5.41) is 26.8. The molecule has 13 heteroatoms. The van der Waals surface area contributed by atoms with Gasteiger partial charge in [0.25, 0.3) is 5.69 Å². The maximum atomic E-state index is 15.8. The van der Waals surface area contributed by atoms with E-state index in [1.165, 1.54) is 18.2 Å². The summed E-state index contributed by atoms with van der Waals surface area (Å²) in [7, 11) is 1.16. The van der Waals surface area contributed by atoms with Gasteiger partial charge in [0.05, 0.1) is 34.3 Å². The van der Waals surface area contributed by atoms with Gasteiger partial charge in [-0.15, -0.1) is 0 Å². The number of rotatable bonds is 8. The fraction of sp³-hybridized carbons (Fsp3) is 0.355. The third kappa shape index (κ3) is 4.83. The second-order valence-corrected chi connectivity index (χ2v) is 12.4. The SMILES string of the molecule is COC(=O)c1ccc(C(O)C[C@H]2[C@@H](N)[C@H](c3cccc(Cl)c3F)[C@]3(C(=O)Nc4cc(Cl)ccc43)N2CC2CC2)c([N+](=O)[O-])c1. The Morgan fingerprint density at radius 1 is 1.25 bits per heavy atom. The molecule has 0 aromatic heterocycles. The molecule has 230 valence electrons. The highest BCUT2D eigenvalue weighted by Crippen LogP contribution is 2.59. The minimum Gasteiger partial charge on any atom is -0.465 e. The van der Waals surface area contributed by atoms with E-state index >= 15 is 4.39 Å². The van der Waals surface area contributed by atoms with Crippen LogP contribution >= 0.6 is 23.2 Å². The lowest BCUT2D eigenvalue weighted by Crippen LogP contribution is -2.53. The molecule has 0 radical (unpaired) electrons. The molecule has 6 rings (SSSR count). The number of carbonyl (C=O) groups excluding carboxylic acids is 2. The molecule has 2 fully saturated rings. The average Bonchev–Trinajstić information content (AvgIpc) is 3.73. The van der Waals surface area contributed by atoms with Crippen molar-refractivity contribution >= 4 is 46.5 Å². The molecule has 1 saturated heterocycles. The highest BCUT2D eigenvalue weighted by molar-refractivity contribution is 6.31. The number of aliphatic hydroxyl groups excluding tert-OH is 1. The quantitative estimate of drug-likeness (QED) is 0.170. The van der Waals surface area contributed by atoms with Gasteiger partial charge in [-0.2, -0.15) is 0 Å². The fourth-order valence-corrected chi connectivity index (χ4v) is 7.31. The lowest BCUT2D eigenvalue weighted by molar-refractivity contribution is -0.386. The second kappa shape index (κ2) is 11.4. The van der Waals surface area contributed by atoms with E-state index in [1.807, 2.05) is 4.90 Å². The minimum absolute atomic E-state index is 0.0317. The lowest BCUT2D eigenvalue weighted by Gasteiger charge is -2.40. The number of hydrogen-bond acceptors (Lipinski definition) is 8. The fourth-order valence-electron chi connectivity index (χ4n) is 6.95. The number of likely N-dealkylation sites (tertiary alicyclic amines) is 1. The predicted molar refractivity (Wildman–Crippen MR) is 161 cm³/mol. The third-order valence-corrected chi connectivity index (χ3v) is 9.59. The number of amides is 1. The van der Waals surface area contributed by atoms with Gasteiger partial charge in [-0.1, -0.05) is 41.4 Å². The Bertz CT molecular complexity index is 1690. The molecule has 3 aromatic carbocycles. The Morgan fingerprint density at radius 2 is 2.00 bits per heavy atom. The van der Waals surface area contributed by atoms with E-state index in [9.17, 15) is 24.8 Å². The van der Waals surface area contributed by atoms with Crippen LogP contribution in [0.3, 0.4) is 0 Å². The molecule has 1 unspecified atom stereocenters. The van der Waals surface area contributed by atoms with Gasteiger partial charge < -0.3 is 20.9 Å². The number of nitro groups is 1. The Balaban J connectivity index is 1.50. The van der Waals surface area contributed by atoms with Crippen molar-refractivity contribution in [2.45, 2.75) is 48.9 Å². The molecule has 1 saturated carbocycles. The Morgan fingerprint density at radius 3 is 2.68 bits per heavy atom. The molecule has 1 aliphatic carbocycles. The number of halogens is 3. The van der Waals surface area contributed by atoms with Gasteiger partial charge in [-0.05, 0) is 61.1 Å². The van der Waals surface area contributed by atoms with E-state index in [0.29, 0.717) is 22.8 Å². The van der Waals surface area contributed by atoms with Crippen molar-refractivity contribution in [1.82, 2.24) is 4.90 Å². The van der Waals surface area contributed by atoms with Gasteiger partial charge in [0.15, 0.2) is 0 Å². The van der Waals surface area contributed by atoms with Crippen LogP contribution in [0.4, 0.5) is 15.8 Å². The van der Waals surface area contributed by atoms with Gasteiger partial charge in [0, 0.05) is 46.9 Å². The summed E-state index contributed by atoms with van der Waals surface area (Å²) >= 11 is 12.5. The number of benzene rings is 3. The largest absolute Gasteiger partial charge is 0.465 e. The standard InChI is InChI=1S/C31H29Cl2FN4O6/c1-44-29(40)16-7-9-18(23(11-16)38(42)43)25(39)13-24-28(35)26(19-3-2-4-21(33)27(19)34)31(37(24)14-15-5-6-15)20-10-8-17(32)12-22(20)36-30(31)41/h2-4,7-12,15,24-26,28,39H,5-6,13-14,35H2,1H3,(H,36,41)/t24-,25?,26-,28+,31+/m0/s1. The summed E-state index contributed by atoms with van der Waals surface area (Å²) in [4.78, 5) is 39.6. The first-order chi connectivity index (χ1) is 21.0. The molecule has 4 N–H and O–H groups in total. The van der Waals surface area contributed by atoms with Crippen molar-refractivity contribution < 1.29 is 28.7 Å². The zero-order chi connectivity index (χ0) is 31.5. The summed E-state index contributed by atoms with van der Waals surface area (Å²) in [5.74, 6) is -2.59. The molecule has 2 heterocycles. The molecule has 3 aromatic rings. The Hall–Kier alpha value is -3.61. The van der Waals surface area contributed by atoms with Crippen molar-refractivity contribution in [2.24, 2.45) is 11.7 Å². The summed E-state index contributed by atoms with van der Waals surface area (Å²) in [5.41, 5.74) is 6.16. The number of methoxy groups -OCH3 is 1. The van der Waals surface area contributed by atoms with Crippen molar-refractivity contribution in [1.29, 1.82) is 0 Å². The number of ether oxygens (including phenoxy) is 1. The van der Waals surface area contributed by atoms with Crippen LogP contribution in [0.25, 0.3) is 0 Å². The highest BCUT2D eigenvalue weighted by Gasteiger charge is 2.67. The molecular weight excluding hydrogens is 614 g/mol. The number of nitrogens with two attached hydrogens (primary N) is 1. The minimum atomic E-state index is -1.49. The third-order valence-electron chi connectivity index (χ3n) is 9.06. The van der Waals surface area contributed by atoms with E-state index in [2.05, 4.69) is 10.1 Å². The summed E-state index contributed by atoms with van der Waals surface area (Å²) in [6.07, 6.45) is 0.295. The second-order valence-electron chi connectivity index (χ2n) is 11.5. The predicted octanol–water partition coefficient (Wildman–Crippen LogP) is 5.30. The topological polar surface area (TPSA) is 148 Å². The molecule has 0 bridgehead atoms. The van der Waals surface area contributed by atoms with Crippen molar-refractivity contribution in [3.63, 3.8) is 0 Å². The molecule has 1 spiro atoms. The first-order valence-electron chi connectivity index (χ1n) is 14.1. The van der Waals surface area contributed by atoms with E-state index in [1.54, 1.807) is 30.3 Å².